The van der Waals surface area contributed by atoms with E-state index in [1.165, 1.54) is 0 Å². The molecule has 1 fully saturated rings. The molecule has 118 valence electrons. The second kappa shape index (κ2) is 8.60. The van der Waals surface area contributed by atoms with Crippen molar-refractivity contribution in [3.63, 3.8) is 0 Å². The average molecular weight is 286 g/mol. The second-order valence-corrected chi connectivity index (χ2v) is 5.64. The van der Waals surface area contributed by atoms with Crippen LogP contribution < -0.4 is 0 Å². The summed E-state index contributed by atoms with van der Waals surface area (Å²) < 4.78 is 5.33. The molecule has 1 unspecified atom stereocenters. The van der Waals surface area contributed by atoms with E-state index in [0.717, 1.165) is 39.1 Å². The van der Waals surface area contributed by atoms with Crippen LogP contribution in [0.25, 0.3) is 0 Å². The van der Waals surface area contributed by atoms with Crippen LogP contribution in [0.5, 0.6) is 0 Å². The summed E-state index contributed by atoms with van der Waals surface area (Å²) in [6.07, 6.45) is 1.72. The van der Waals surface area contributed by atoms with Gasteiger partial charge in [-0.15, -0.1) is 0 Å². The third-order valence-corrected chi connectivity index (χ3v) is 4.37. The highest BCUT2D eigenvalue weighted by molar-refractivity contribution is 5.75. The molecular formula is C15H30N2O3. The number of aliphatic carboxylic acids is 1. The molecule has 5 nitrogen and oxygen atoms in total. The van der Waals surface area contributed by atoms with Crippen LogP contribution in [-0.2, 0) is 9.53 Å². The van der Waals surface area contributed by atoms with E-state index in [0.29, 0.717) is 26.2 Å². The zero-order valence-corrected chi connectivity index (χ0v) is 13.2. The van der Waals surface area contributed by atoms with Crippen LogP contribution in [0, 0.1) is 5.41 Å². The standard InChI is InChI=1S/C15H30N2O3/c1-4-16(5-2)9-7-10-17(6-3)12-15(14(18)19)8-11-20-13-15/h4-13H2,1-3H3,(H,18,19). The normalized spacial score (nSPS) is 22.9. The Morgan fingerprint density at radius 3 is 2.20 bits per heavy atom. The minimum atomic E-state index is -0.711. The van der Waals surface area contributed by atoms with Crippen LogP contribution in [0.2, 0.25) is 0 Å². The molecule has 0 bridgehead atoms. The molecule has 1 N–H and O–H groups in total. The number of carbonyl (C=O) groups is 1. The van der Waals surface area contributed by atoms with E-state index >= 15 is 0 Å². The SMILES string of the molecule is CCN(CC)CCCN(CC)CC1(C(=O)O)CCOC1. The maximum absolute atomic E-state index is 11.5. The zero-order chi connectivity index (χ0) is 15.0. The number of hydrogen-bond donors (Lipinski definition) is 1. The molecule has 1 saturated heterocycles. The monoisotopic (exact) mass is 286 g/mol. The largest absolute Gasteiger partial charge is 0.481 e. The molecule has 1 aliphatic rings. The Labute approximate surface area is 122 Å². The molecule has 20 heavy (non-hydrogen) atoms. The first-order valence-corrected chi connectivity index (χ1v) is 7.83. The van der Waals surface area contributed by atoms with Crippen molar-refractivity contribution in [3.8, 4) is 0 Å². The molecule has 0 aromatic rings. The summed E-state index contributed by atoms with van der Waals surface area (Å²) in [7, 11) is 0. The van der Waals surface area contributed by atoms with Gasteiger partial charge in [-0.1, -0.05) is 20.8 Å². The average Bonchev–Trinajstić information content (AvgIpc) is 2.92. The van der Waals surface area contributed by atoms with Gasteiger partial charge in [0, 0.05) is 13.2 Å². The van der Waals surface area contributed by atoms with Crippen LogP contribution in [0.3, 0.4) is 0 Å². The lowest BCUT2D eigenvalue weighted by molar-refractivity contribution is -0.150. The summed E-state index contributed by atoms with van der Waals surface area (Å²) in [5.74, 6) is -0.711. The van der Waals surface area contributed by atoms with Crippen LogP contribution in [0.15, 0.2) is 0 Å². The fraction of sp³-hybridized carbons (Fsp3) is 0.933. The Hall–Kier alpha value is -0.650. The predicted octanol–water partition coefficient (Wildman–Crippen LogP) is 1.53. The first-order chi connectivity index (χ1) is 9.57. The zero-order valence-electron chi connectivity index (χ0n) is 13.2. The summed E-state index contributed by atoms with van der Waals surface area (Å²) in [5.41, 5.74) is -0.689. The third-order valence-electron chi connectivity index (χ3n) is 4.37. The van der Waals surface area contributed by atoms with Crippen molar-refractivity contribution in [2.24, 2.45) is 5.41 Å². The summed E-state index contributed by atoms with van der Waals surface area (Å²) in [6, 6.07) is 0. The van der Waals surface area contributed by atoms with Crippen LogP contribution >= 0.6 is 0 Å². The van der Waals surface area contributed by atoms with Gasteiger partial charge in [-0.05, 0) is 45.6 Å². The predicted molar refractivity (Wildman–Crippen MR) is 80.0 cm³/mol. The Kier molecular flexibility index (Phi) is 7.48. The fourth-order valence-electron chi connectivity index (χ4n) is 2.80. The number of hydrogen-bond acceptors (Lipinski definition) is 4. The molecule has 0 aliphatic carbocycles. The molecule has 1 rings (SSSR count). The first-order valence-electron chi connectivity index (χ1n) is 7.83. The Balaban J connectivity index is 2.43. The maximum atomic E-state index is 11.5. The summed E-state index contributed by atoms with van der Waals surface area (Å²) in [5, 5.41) is 9.48. The topological polar surface area (TPSA) is 53.0 Å². The smallest absolute Gasteiger partial charge is 0.313 e. The van der Waals surface area contributed by atoms with Gasteiger partial charge in [-0.25, -0.2) is 0 Å². The first kappa shape index (κ1) is 17.4. The van der Waals surface area contributed by atoms with Crippen molar-refractivity contribution in [1.29, 1.82) is 0 Å². The maximum Gasteiger partial charge on any atom is 0.313 e. The van der Waals surface area contributed by atoms with E-state index in [2.05, 4.69) is 30.6 Å². The molecule has 0 amide bonds. The lowest BCUT2D eigenvalue weighted by atomic mass is 9.86. The molecule has 0 aromatic heterocycles. The highest BCUT2D eigenvalue weighted by Crippen LogP contribution is 2.30. The fourth-order valence-corrected chi connectivity index (χ4v) is 2.80. The van der Waals surface area contributed by atoms with Gasteiger partial charge >= 0.3 is 5.97 Å². The minimum Gasteiger partial charge on any atom is -0.481 e. The van der Waals surface area contributed by atoms with Crippen molar-refractivity contribution in [3.05, 3.63) is 0 Å². The van der Waals surface area contributed by atoms with Crippen LogP contribution in [0.1, 0.15) is 33.6 Å². The lowest BCUT2D eigenvalue weighted by Crippen LogP contribution is -2.44. The Bertz CT molecular complexity index is 287. The van der Waals surface area contributed by atoms with E-state index in [1.54, 1.807) is 0 Å². The summed E-state index contributed by atoms with van der Waals surface area (Å²) in [6.45, 7) is 13.1. The molecule has 0 radical (unpaired) electrons. The van der Waals surface area contributed by atoms with Gasteiger partial charge in [0.05, 0.1) is 6.61 Å². The molecule has 5 heteroatoms. The van der Waals surface area contributed by atoms with Gasteiger partial charge in [-0.2, -0.15) is 0 Å². The minimum absolute atomic E-state index is 0.356. The van der Waals surface area contributed by atoms with Crippen molar-refractivity contribution in [2.45, 2.75) is 33.6 Å². The second-order valence-electron chi connectivity index (χ2n) is 5.64. The lowest BCUT2D eigenvalue weighted by Gasteiger charge is -2.31. The highest BCUT2D eigenvalue weighted by Gasteiger charge is 2.43. The molecule has 0 aromatic carbocycles. The molecular weight excluding hydrogens is 256 g/mol. The van der Waals surface area contributed by atoms with E-state index < -0.39 is 11.4 Å². The Morgan fingerprint density at radius 2 is 1.75 bits per heavy atom. The van der Waals surface area contributed by atoms with Crippen molar-refractivity contribution < 1.29 is 14.6 Å². The van der Waals surface area contributed by atoms with Crippen LogP contribution in [0.4, 0.5) is 0 Å². The molecule has 1 heterocycles. The highest BCUT2D eigenvalue weighted by atomic mass is 16.5. The molecule has 0 spiro atoms. The van der Waals surface area contributed by atoms with E-state index in [9.17, 15) is 9.90 Å². The number of carboxylic acid groups (broad SMARTS) is 1. The van der Waals surface area contributed by atoms with Gasteiger partial charge in [0.1, 0.15) is 5.41 Å². The van der Waals surface area contributed by atoms with Gasteiger partial charge in [-0.3, -0.25) is 4.79 Å². The van der Waals surface area contributed by atoms with Gasteiger partial charge in [0.15, 0.2) is 0 Å². The van der Waals surface area contributed by atoms with Crippen molar-refractivity contribution in [1.82, 2.24) is 9.80 Å². The number of carboxylic acids is 1. The van der Waals surface area contributed by atoms with Gasteiger partial charge in [0.25, 0.3) is 0 Å². The van der Waals surface area contributed by atoms with Crippen LogP contribution in [-0.4, -0.2) is 73.4 Å². The summed E-state index contributed by atoms with van der Waals surface area (Å²) >= 11 is 0. The quantitative estimate of drug-likeness (QED) is 0.660. The van der Waals surface area contributed by atoms with E-state index in [4.69, 9.17) is 4.74 Å². The summed E-state index contributed by atoms with van der Waals surface area (Å²) in [4.78, 5) is 16.2. The van der Waals surface area contributed by atoms with Crippen molar-refractivity contribution in [2.75, 3.05) is 52.5 Å². The van der Waals surface area contributed by atoms with Crippen molar-refractivity contribution >= 4 is 5.97 Å². The molecule has 1 atom stereocenters. The van der Waals surface area contributed by atoms with Gasteiger partial charge in [0.2, 0.25) is 0 Å². The molecule has 0 saturated carbocycles. The number of nitrogens with zero attached hydrogens (tertiary/aromatic N) is 2. The van der Waals surface area contributed by atoms with E-state index in [1.807, 2.05) is 0 Å². The van der Waals surface area contributed by atoms with Gasteiger partial charge < -0.3 is 19.6 Å². The number of rotatable bonds is 10. The number of ether oxygens (including phenoxy) is 1. The third kappa shape index (κ3) is 4.72. The van der Waals surface area contributed by atoms with E-state index in [-0.39, 0.29) is 0 Å². The molecule has 1 aliphatic heterocycles. The Morgan fingerprint density at radius 1 is 1.15 bits per heavy atom.